The van der Waals surface area contributed by atoms with E-state index in [0.29, 0.717) is 0 Å². The van der Waals surface area contributed by atoms with E-state index < -0.39 is 5.82 Å². The Morgan fingerprint density at radius 2 is 2.47 bits per heavy atom. The van der Waals surface area contributed by atoms with Crippen molar-refractivity contribution in [3.05, 3.63) is 29.8 Å². The summed E-state index contributed by atoms with van der Waals surface area (Å²) in [6, 6.07) is 2.77. The molecule has 2 rings (SSSR count). The van der Waals surface area contributed by atoms with Crippen LogP contribution in [0, 0.1) is 5.82 Å². The summed E-state index contributed by atoms with van der Waals surface area (Å²) < 4.78 is 12.6. The predicted octanol–water partition coefficient (Wildman–Crippen LogP) is 0.312. The Bertz CT molecular complexity index is 346. The third-order valence-corrected chi connectivity index (χ3v) is 2.36. The standard InChI is InChI=1S/C10H12FN3O/c11-7-1-2-9(13-5-7)10(15)14-8-3-4-12-6-8/h1-2,5,8,12H,3-4,6H2,(H,14,15)/t8-/m1/s1. The van der Waals surface area contributed by atoms with Crippen molar-refractivity contribution in [1.82, 2.24) is 15.6 Å². The molecule has 0 spiro atoms. The van der Waals surface area contributed by atoms with E-state index in [1.807, 2.05) is 0 Å². The summed E-state index contributed by atoms with van der Waals surface area (Å²) >= 11 is 0. The number of rotatable bonds is 2. The summed E-state index contributed by atoms with van der Waals surface area (Å²) in [4.78, 5) is 15.3. The van der Waals surface area contributed by atoms with Crippen LogP contribution in [-0.4, -0.2) is 30.0 Å². The summed E-state index contributed by atoms with van der Waals surface area (Å²) in [5, 5.41) is 5.97. The SMILES string of the molecule is O=C(N[C@@H]1CCNC1)c1ccc(F)cn1. The topological polar surface area (TPSA) is 54.0 Å². The van der Waals surface area contributed by atoms with Gasteiger partial charge >= 0.3 is 0 Å². The van der Waals surface area contributed by atoms with Crippen LogP contribution in [0.1, 0.15) is 16.9 Å². The largest absolute Gasteiger partial charge is 0.347 e. The molecule has 0 bridgehead atoms. The predicted molar refractivity (Wildman–Crippen MR) is 52.9 cm³/mol. The van der Waals surface area contributed by atoms with E-state index in [-0.39, 0.29) is 17.6 Å². The molecule has 1 aromatic heterocycles. The van der Waals surface area contributed by atoms with Crippen LogP contribution in [-0.2, 0) is 0 Å². The molecule has 1 aromatic rings. The van der Waals surface area contributed by atoms with Crippen molar-refractivity contribution in [2.75, 3.05) is 13.1 Å². The summed E-state index contributed by atoms with van der Waals surface area (Å²) in [6.45, 7) is 1.70. The van der Waals surface area contributed by atoms with Gasteiger partial charge in [-0.3, -0.25) is 4.79 Å². The third kappa shape index (κ3) is 2.50. The maximum atomic E-state index is 12.6. The average molecular weight is 209 g/mol. The summed E-state index contributed by atoms with van der Waals surface area (Å²) in [6.07, 6.45) is 1.97. The fourth-order valence-electron chi connectivity index (χ4n) is 1.55. The van der Waals surface area contributed by atoms with Gasteiger partial charge in [0.25, 0.3) is 5.91 Å². The molecule has 0 radical (unpaired) electrons. The first-order valence-corrected chi connectivity index (χ1v) is 4.89. The van der Waals surface area contributed by atoms with E-state index in [4.69, 9.17) is 0 Å². The molecule has 80 valence electrons. The molecular formula is C10H12FN3O. The number of halogens is 1. The zero-order chi connectivity index (χ0) is 10.7. The summed E-state index contributed by atoms with van der Waals surface area (Å²) in [5.74, 6) is -0.683. The van der Waals surface area contributed by atoms with E-state index in [2.05, 4.69) is 15.6 Å². The molecular weight excluding hydrogens is 197 g/mol. The Morgan fingerprint density at radius 1 is 1.60 bits per heavy atom. The van der Waals surface area contributed by atoms with Gasteiger partial charge in [-0.2, -0.15) is 0 Å². The van der Waals surface area contributed by atoms with E-state index in [0.717, 1.165) is 25.7 Å². The van der Waals surface area contributed by atoms with E-state index in [1.54, 1.807) is 0 Å². The molecule has 0 aromatic carbocycles. The van der Waals surface area contributed by atoms with Crippen molar-refractivity contribution >= 4 is 5.91 Å². The van der Waals surface area contributed by atoms with Gasteiger partial charge in [-0.25, -0.2) is 9.37 Å². The van der Waals surface area contributed by atoms with Crippen molar-refractivity contribution in [3.8, 4) is 0 Å². The molecule has 0 unspecified atom stereocenters. The number of nitrogens with one attached hydrogen (secondary N) is 2. The van der Waals surface area contributed by atoms with Gasteiger partial charge in [0.2, 0.25) is 0 Å². The Hall–Kier alpha value is -1.49. The Labute approximate surface area is 86.9 Å². The molecule has 1 saturated heterocycles. The van der Waals surface area contributed by atoms with Crippen molar-refractivity contribution in [2.24, 2.45) is 0 Å². The highest BCUT2D eigenvalue weighted by Crippen LogP contribution is 2.01. The molecule has 1 aliphatic rings. The molecule has 1 fully saturated rings. The normalized spacial score (nSPS) is 20.2. The maximum Gasteiger partial charge on any atom is 0.270 e. The Kier molecular flexibility index (Phi) is 2.91. The highest BCUT2D eigenvalue weighted by molar-refractivity contribution is 5.92. The number of pyridine rings is 1. The zero-order valence-electron chi connectivity index (χ0n) is 8.16. The summed E-state index contributed by atoms with van der Waals surface area (Å²) in [7, 11) is 0. The number of nitrogens with zero attached hydrogens (tertiary/aromatic N) is 1. The highest BCUT2D eigenvalue weighted by atomic mass is 19.1. The molecule has 0 aliphatic carbocycles. The number of carbonyl (C=O) groups excluding carboxylic acids is 1. The summed E-state index contributed by atoms with van der Waals surface area (Å²) in [5.41, 5.74) is 0.253. The number of hydrogen-bond acceptors (Lipinski definition) is 3. The van der Waals surface area contributed by atoms with Gasteiger partial charge in [-0.05, 0) is 25.1 Å². The van der Waals surface area contributed by atoms with Crippen LogP contribution in [0.3, 0.4) is 0 Å². The van der Waals surface area contributed by atoms with Crippen molar-refractivity contribution in [2.45, 2.75) is 12.5 Å². The zero-order valence-corrected chi connectivity index (χ0v) is 8.16. The third-order valence-electron chi connectivity index (χ3n) is 2.36. The number of carbonyl (C=O) groups is 1. The van der Waals surface area contributed by atoms with Crippen LogP contribution in [0.15, 0.2) is 18.3 Å². The van der Waals surface area contributed by atoms with Gasteiger partial charge in [-0.1, -0.05) is 0 Å². The molecule has 0 saturated carbocycles. The highest BCUT2D eigenvalue weighted by Gasteiger charge is 2.17. The van der Waals surface area contributed by atoms with Crippen LogP contribution in [0.5, 0.6) is 0 Å². The molecule has 1 aliphatic heterocycles. The first-order valence-electron chi connectivity index (χ1n) is 4.89. The lowest BCUT2D eigenvalue weighted by atomic mass is 10.2. The minimum absolute atomic E-state index is 0.157. The monoisotopic (exact) mass is 209 g/mol. The minimum atomic E-state index is -0.436. The fourth-order valence-corrected chi connectivity index (χ4v) is 1.55. The van der Waals surface area contributed by atoms with Gasteiger partial charge in [-0.15, -0.1) is 0 Å². The molecule has 5 heteroatoms. The number of hydrogen-bond donors (Lipinski definition) is 2. The minimum Gasteiger partial charge on any atom is -0.347 e. The van der Waals surface area contributed by atoms with Gasteiger partial charge in [0, 0.05) is 12.6 Å². The van der Waals surface area contributed by atoms with Crippen LogP contribution >= 0.6 is 0 Å². The molecule has 15 heavy (non-hydrogen) atoms. The van der Waals surface area contributed by atoms with Crippen LogP contribution in [0.4, 0.5) is 4.39 Å². The molecule has 2 heterocycles. The number of amides is 1. The van der Waals surface area contributed by atoms with Gasteiger partial charge in [0.15, 0.2) is 0 Å². The Morgan fingerprint density at radius 3 is 3.07 bits per heavy atom. The van der Waals surface area contributed by atoms with Gasteiger partial charge in [0.05, 0.1) is 6.20 Å². The van der Waals surface area contributed by atoms with E-state index in [9.17, 15) is 9.18 Å². The van der Waals surface area contributed by atoms with Gasteiger partial charge in [0.1, 0.15) is 11.5 Å². The quantitative estimate of drug-likeness (QED) is 0.737. The van der Waals surface area contributed by atoms with Crippen LogP contribution in [0.25, 0.3) is 0 Å². The lowest BCUT2D eigenvalue weighted by Crippen LogP contribution is -2.36. The first-order chi connectivity index (χ1) is 7.25. The second-order valence-electron chi connectivity index (χ2n) is 3.52. The molecule has 4 nitrogen and oxygen atoms in total. The van der Waals surface area contributed by atoms with Crippen molar-refractivity contribution < 1.29 is 9.18 Å². The van der Waals surface area contributed by atoms with Crippen LogP contribution < -0.4 is 10.6 Å². The second-order valence-corrected chi connectivity index (χ2v) is 3.52. The van der Waals surface area contributed by atoms with E-state index >= 15 is 0 Å². The fraction of sp³-hybridized carbons (Fsp3) is 0.400. The Balaban J connectivity index is 1.98. The lowest BCUT2D eigenvalue weighted by molar-refractivity contribution is 0.0935. The number of aromatic nitrogens is 1. The molecule has 1 atom stereocenters. The van der Waals surface area contributed by atoms with Crippen molar-refractivity contribution in [1.29, 1.82) is 0 Å². The second kappa shape index (κ2) is 4.35. The first kappa shape index (κ1) is 10.0. The molecule has 2 N–H and O–H groups in total. The smallest absolute Gasteiger partial charge is 0.270 e. The lowest BCUT2D eigenvalue weighted by Gasteiger charge is -2.10. The maximum absolute atomic E-state index is 12.6. The van der Waals surface area contributed by atoms with Crippen LogP contribution in [0.2, 0.25) is 0 Å². The molecule has 1 amide bonds. The van der Waals surface area contributed by atoms with E-state index in [1.165, 1.54) is 12.1 Å². The average Bonchev–Trinajstić information content (AvgIpc) is 2.71. The van der Waals surface area contributed by atoms with Crippen molar-refractivity contribution in [3.63, 3.8) is 0 Å². The van der Waals surface area contributed by atoms with Gasteiger partial charge < -0.3 is 10.6 Å².